The van der Waals surface area contributed by atoms with Crippen LogP contribution in [0.25, 0.3) is 11.3 Å². The van der Waals surface area contributed by atoms with Gasteiger partial charge in [-0.3, -0.25) is 4.79 Å². The Morgan fingerprint density at radius 1 is 1.04 bits per heavy atom. The first-order valence-corrected chi connectivity index (χ1v) is 7.34. The zero-order valence-corrected chi connectivity index (χ0v) is 13.1. The number of nitrogen functional groups attached to an aromatic ring is 1. The van der Waals surface area contributed by atoms with Crippen molar-refractivity contribution in [3.63, 3.8) is 0 Å². The smallest absolute Gasteiger partial charge is 0.196 e. The molecule has 3 rings (SSSR count). The summed E-state index contributed by atoms with van der Waals surface area (Å²) in [6, 6.07) is 16.8. The third-order valence-electron chi connectivity index (χ3n) is 3.87. The van der Waals surface area contributed by atoms with E-state index in [1.807, 2.05) is 37.3 Å². The van der Waals surface area contributed by atoms with Crippen LogP contribution in [0.15, 0.2) is 54.6 Å². The standard InChI is InChI=1S/C19H18N2O2/c1-12-16(19(22)14-8-10-15(23-2)11-9-14)17(20)18(21-12)13-6-4-3-5-7-13/h3-11,21H,20H2,1-2H3. The molecule has 0 aliphatic rings. The molecular formula is C19H18N2O2. The number of H-pyrrole nitrogens is 1. The van der Waals surface area contributed by atoms with Crippen molar-refractivity contribution in [3.8, 4) is 17.0 Å². The fourth-order valence-corrected chi connectivity index (χ4v) is 2.66. The predicted molar refractivity (Wildman–Crippen MR) is 91.8 cm³/mol. The number of nitrogens with one attached hydrogen (secondary N) is 1. The number of methoxy groups -OCH3 is 1. The third kappa shape index (κ3) is 2.71. The molecule has 23 heavy (non-hydrogen) atoms. The molecule has 0 saturated heterocycles. The Bertz CT molecular complexity index is 834. The summed E-state index contributed by atoms with van der Waals surface area (Å²) in [4.78, 5) is 16.0. The lowest BCUT2D eigenvalue weighted by molar-refractivity contribution is 0.103. The zero-order valence-electron chi connectivity index (χ0n) is 13.1. The van der Waals surface area contributed by atoms with Crippen LogP contribution in [0, 0.1) is 6.92 Å². The number of aryl methyl sites for hydroxylation is 1. The van der Waals surface area contributed by atoms with Crippen LogP contribution in [0.5, 0.6) is 5.75 Å². The summed E-state index contributed by atoms with van der Waals surface area (Å²) in [5.41, 5.74) is 10.3. The van der Waals surface area contributed by atoms with Crippen LogP contribution >= 0.6 is 0 Å². The first kappa shape index (κ1) is 14.9. The lowest BCUT2D eigenvalue weighted by atomic mass is 10.0. The first-order chi connectivity index (χ1) is 11.1. The summed E-state index contributed by atoms with van der Waals surface area (Å²) in [5, 5.41) is 0. The van der Waals surface area contributed by atoms with Gasteiger partial charge in [0.15, 0.2) is 5.78 Å². The maximum absolute atomic E-state index is 12.8. The van der Waals surface area contributed by atoms with Gasteiger partial charge >= 0.3 is 0 Å². The van der Waals surface area contributed by atoms with Gasteiger partial charge in [-0.15, -0.1) is 0 Å². The molecule has 1 heterocycles. The Morgan fingerprint density at radius 3 is 2.30 bits per heavy atom. The number of hydrogen-bond acceptors (Lipinski definition) is 3. The number of nitrogens with two attached hydrogens (primary N) is 1. The number of ether oxygens (including phenoxy) is 1. The molecule has 0 spiro atoms. The van der Waals surface area contributed by atoms with Gasteiger partial charge in [0.2, 0.25) is 0 Å². The second-order valence-corrected chi connectivity index (χ2v) is 5.34. The van der Waals surface area contributed by atoms with Gasteiger partial charge in [0.1, 0.15) is 5.75 Å². The lowest BCUT2D eigenvalue weighted by Gasteiger charge is -2.04. The molecule has 4 nitrogen and oxygen atoms in total. The molecule has 2 aromatic carbocycles. The highest BCUT2D eigenvalue weighted by Crippen LogP contribution is 2.32. The van der Waals surface area contributed by atoms with Gasteiger partial charge in [-0.25, -0.2) is 0 Å². The Morgan fingerprint density at radius 2 is 1.70 bits per heavy atom. The highest BCUT2D eigenvalue weighted by Gasteiger charge is 2.21. The van der Waals surface area contributed by atoms with E-state index in [1.165, 1.54) is 0 Å². The van der Waals surface area contributed by atoms with E-state index < -0.39 is 0 Å². The quantitative estimate of drug-likeness (QED) is 0.720. The van der Waals surface area contributed by atoms with Crippen LogP contribution < -0.4 is 10.5 Å². The van der Waals surface area contributed by atoms with Crippen LogP contribution in [0.4, 0.5) is 5.69 Å². The Hall–Kier alpha value is -3.01. The minimum atomic E-state index is -0.0962. The Kier molecular flexibility index (Phi) is 3.89. The molecule has 3 aromatic rings. The first-order valence-electron chi connectivity index (χ1n) is 7.34. The second-order valence-electron chi connectivity index (χ2n) is 5.34. The molecule has 3 N–H and O–H groups in total. The average molecular weight is 306 g/mol. The van der Waals surface area contributed by atoms with E-state index in [4.69, 9.17) is 10.5 Å². The molecule has 0 bridgehead atoms. The summed E-state index contributed by atoms with van der Waals surface area (Å²) in [6.07, 6.45) is 0. The van der Waals surface area contributed by atoms with Crippen LogP contribution in [0.3, 0.4) is 0 Å². The van der Waals surface area contributed by atoms with Gasteiger partial charge < -0.3 is 15.5 Å². The van der Waals surface area contributed by atoms with Crippen LogP contribution in [-0.2, 0) is 0 Å². The second kappa shape index (κ2) is 6.01. The van der Waals surface area contributed by atoms with Gasteiger partial charge in [-0.1, -0.05) is 30.3 Å². The van der Waals surface area contributed by atoms with E-state index in [0.29, 0.717) is 22.6 Å². The Labute approximate surface area is 134 Å². The van der Waals surface area contributed by atoms with E-state index in [-0.39, 0.29) is 5.78 Å². The summed E-state index contributed by atoms with van der Waals surface area (Å²) in [6.45, 7) is 1.86. The van der Waals surface area contributed by atoms with Crippen molar-refractivity contribution in [2.45, 2.75) is 6.92 Å². The number of carbonyl (C=O) groups is 1. The van der Waals surface area contributed by atoms with Gasteiger partial charge in [0, 0.05) is 16.8 Å². The van der Waals surface area contributed by atoms with Crippen molar-refractivity contribution in [2.24, 2.45) is 0 Å². The predicted octanol–water partition coefficient (Wildman–Crippen LogP) is 3.81. The molecule has 4 heteroatoms. The molecular weight excluding hydrogens is 288 g/mol. The van der Waals surface area contributed by atoms with E-state index in [1.54, 1.807) is 31.4 Å². The highest BCUT2D eigenvalue weighted by atomic mass is 16.5. The monoisotopic (exact) mass is 306 g/mol. The fraction of sp³-hybridized carbons (Fsp3) is 0.105. The summed E-state index contributed by atoms with van der Waals surface area (Å²) in [7, 11) is 1.59. The number of ketones is 1. The molecule has 0 amide bonds. The van der Waals surface area contributed by atoms with Crippen molar-refractivity contribution >= 4 is 11.5 Å². The maximum atomic E-state index is 12.8. The topological polar surface area (TPSA) is 68.1 Å². The number of rotatable bonds is 4. The summed E-state index contributed by atoms with van der Waals surface area (Å²) >= 11 is 0. The molecule has 1 aromatic heterocycles. The van der Waals surface area contributed by atoms with Gasteiger partial charge in [0.05, 0.1) is 24.1 Å². The number of hydrogen-bond donors (Lipinski definition) is 2. The number of carbonyl (C=O) groups excluding carboxylic acids is 1. The molecule has 0 unspecified atom stereocenters. The van der Waals surface area contributed by atoms with Gasteiger partial charge in [0.25, 0.3) is 0 Å². The SMILES string of the molecule is COc1ccc(C(=O)c2c(C)[nH]c(-c3ccccc3)c2N)cc1. The number of anilines is 1. The van der Waals surface area contributed by atoms with E-state index in [9.17, 15) is 4.79 Å². The molecule has 0 aliphatic carbocycles. The maximum Gasteiger partial charge on any atom is 0.196 e. The summed E-state index contributed by atoms with van der Waals surface area (Å²) in [5.74, 6) is 0.617. The minimum absolute atomic E-state index is 0.0962. The summed E-state index contributed by atoms with van der Waals surface area (Å²) < 4.78 is 5.12. The van der Waals surface area contributed by atoms with Crippen LogP contribution in [0.1, 0.15) is 21.6 Å². The van der Waals surface area contributed by atoms with Crippen molar-refractivity contribution in [2.75, 3.05) is 12.8 Å². The van der Waals surface area contributed by atoms with Crippen molar-refractivity contribution in [3.05, 3.63) is 71.4 Å². The number of benzene rings is 2. The largest absolute Gasteiger partial charge is 0.497 e. The molecule has 116 valence electrons. The van der Waals surface area contributed by atoms with Crippen LogP contribution in [0.2, 0.25) is 0 Å². The van der Waals surface area contributed by atoms with Crippen LogP contribution in [-0.4, -0.2) is 17.9 Å². The van der Waals surface area contributed by atoms with E-state index in [0.717, 1.165) is 17.0 Å². The molecule has 0 fully saturated rings. The molecule has 0 aliphatic heterocycles. The Balaban J connectivity index is 2.02. The van der Waals surface area contributed by atoms with Crippen molar-refractivity contribution in [1.29, 1.82) is 0 Å². The van der Waals surface area contributed by atoms with E-state index in [2.05, 4.69) is 4.98 Å². The fourth-order valence-electron chi connectivity index (χ4n) is 2.66. The highest BCUT2D eigenvalue weighted by molar-refractivity contribution is 6.14. The van der Waals surface area contributed by atoms with Gasteiger partial charge in [-0.2, -0.15) is 0 Å². The lowest BCUT2D eigenvalue weighted by Crippen LogP contribution is -2.05. The molecule has 0 radical (unpaired) electrons. The minimum Gasteiger partial charge on any atom is -0.497 e. The third-order valence-corrected chi connectivity index (χ3v) is 3.87. The average Bonchev–Trinajstić information content (AvgIpc) is 2.89. The zero-order chi connectivity index (χ0) is 16.4. The normalized spacial score (nSPS) is 10.5. The molecule has 0 atom stereocenters. The molecule has 0 saturated carbocycles. The van der Waals surface area contributed by atoms with Gasteiger partial charge in [-0.05, 0) is 31.2 Å². The van der Waals surface area contributed by atoms with Crippen molar-refractivity contribution < 1.29 is 9.53 Å². The van der Waals surface area contributed by atoms with E-state index >= 15 is 0 Å². The number of aromatic amines is 1. The number of aromatic nitrogens is 1. The van der Waals surface area contributed by atoms with Crippen molar-refractivity contribution in [1.82, 2.24) is 4.98 Å².